The van der Waals surface area contributed by atoms with E-state index in [2.05, 4.69) is 10.2 Å². The molecule has 0 aromatic carbocycles. The van der Waals surface area contributed by atoms with Crippen molar-refractivity contribution in [1.29, 1.82) is 0 Å². The standard InChI is InChI=1S/C13H26N2O2/c1-11(2)14-15-13(9-7-6-8-10-13)17-16-12(3,4)5/h11H,6-10H2,1-5H3/b15-14+. The maximum Gasteiger partial charge on any atom is 0.212 e. The molecule has 0 aromatic heterocycles. The van der Waals surface area contributed by atoms with Gasteiger partial charge in [0.15, 0.2) is 0 Å². The lowest BCUT2D eigenvalue weighted by Crippen LogP contribution is -2.36. The number of nitrogens with zero attached hydrogens (tertiary/aromatic N) is 2. The molecule has 1 saturated carbocycles. The van der Waals surface area contributed by atoms with Gasteiger partial charge in [-0.15, -0.1) is 0 Å². The number of azo groups is 1. The van der Waals surface area contributed by atoms with Crippen LogP contribution in [0.1, 0.15) is 66.7 Å². The Morgan fingerprint density at radius 2 is 1.65 bits per heavy atom. The van der Waals surface area contributed by atoms with Crippen LogP contribution in [0.2, 0.25) is 0 Å². The minimum absolute atomic E-state index is 0.201. The Kier molecular flexibility index (Phi) is 5.07. The molecule has 0 saturated heterocycles. The molecule has 0 bridgehead atoms. The molecular formula is C13H26N2O2. The zero-order valence-corrected chi connectivity index (χ0v) is 11.8. The predicted octanol–water partition coefficient (Wildman–Crippen LogP) is 4.25. The average Bonchev–Trinajstić information content (AvgIpc) is 2.25. The Labute approximate surface area is 105 Å². The SMILES string of the molecule is CC(C)/N=N/C1(OOC(C)(C)C)CCCCC1. The largest absolute Gasteiger partial charge is 0.228 e. The van der Waals surface area contributed by atoms with Gasteiger partial charge in [-0.2, -0.15) is 10.2 Å². The van der Waals surface area contributed by atoms with Gasteiger partial charge < -0.3 is 0 Å². The summed E-state index contributed by atoms with van der Waals surface area (Å²) in [6.07, 6.45) is 5.31. The van der Waals surface area contributed by atoms with Crippen molar-refractivity contribution >= 4 is 0 Å². The van der Waals surface area contributed by atoms with Crippen LogP contribution in [-0.2, 0) is 9.78 Å². The summed E-state index contributed by atoms with van der Waals surface area (Å²) in [6.45, 7) is 9.96. The molecule has 0 N–H and O–H groups in total. The van der Waals surface area contributed by atoms with E-state index in [1.165, 1.54) is 6.42 Å². The normalized spacial score (nSPS) is 21.3. The average molecular weight is 242 g/mol. The minimum atomic E-state index is -0.546. The molecule has 1 fully saturated rings. The van der Waals surface area contributed by atoms with Crippen LogP contribution in [0.25, 0.3) is 0 Å². The van der Waals surface area contributed by atoms with Gasteiger partial charge in [-0.05, 0) is 47.5 Å². The third-order valence-electron chi connectivity index (χ3n) is 2.55. The Balaban J connectivity index is 2.65. The van der Waals surface area contributed by atoms with Crippen molar-refractivity contribution in [3.05, 3.63) is 0 Å². The third kappa shape index (κ3) is 5.59. The molecule has 0 heterocycles. The highest BCUT2D eigenvalue weighted by Crippen LogP contribution is 2.34. The number of rotatable bonds is 4. The van der Waals surface area contributed by atoms with Crippen molar-refractivity contribution in [2.75, 3.05) is 0 Å². The fourth-order valence-corrected chi connectivity index (χ4v) is 1.73. The second kappa shape index (κ2) is 5.91. The van der Waals surface area contributed by atoms with E-state index in [4.69, 9.17) is 9.78 Å². The highest BCUT2D eigenvalue weighted by atomic mass is 17.2. The summed E-state index contributed by atoms with van der Waals surface area (Å²) < 4.78 is 0. The molecule has 1 aliphatic carbocycles. The Morgan fingerprint density at radius 1 is 1.06 bits per heavy atom. The molecule has 1 aliphatic rings. The molecule has 100 valence electrons. The van der Waals surface area contributed by atoms with Crippen molar-refractivity contribution in [2.24, 2.45) is 10.2 Å². The Morgan fingerprint density at radius 3 is 2.12 bits per heavy atom. The van der Waals surface area contributed by atoms with E-state index in [0.29, 0.717) is 0 Å². The van der Waals surface area contributed by atoms with Gasteiger partial charge in [0.1, 0.15) is 0 Å². The molecule has 17 heavy (non-hydrogen) atoms. The van der Waals surface area contributed by atoms with E-state index in [0.717, 1.165) is 25.7 Å². The maximum atomic E-state index is 5.62. The monoisotopic (exact) mass is 242 g/mol. The van der Waals surface area contributed by atoms with E-state index in [9.17, 15) is 0 Å². The fourth-order valence-electron chi connectivity index (χ4n) is 1.73. The van der Waals surface area contributed by atoms with E-state index < -0.39 is 5.72 Å². The van der Waals surface area contributed by atoms with Crippen molar-refractivity contribution < 1.29 is 9.78 Å². The highest BCUT2D eigenvalue weighted by molar-refractivity contribution is 4.80. The summed E-state index contributed by atoms with van der Waals surface area (Å²) in [4.78, 5) is 11.1. The fraction of sp³-hybridized carbons (Fsp3) is 1.00. The summed E-state index contributed by atoms with van der Waals surface area (Å²) in [5.74, 6) is 0. The molecule has 0 atom stereocenters. The van der Waals surface area contributed by atoms with Crippen molar-refractivity contribution in [3.8, 4) is 0 Å². The van der Waals surface area contributed by atoms with E-state index in [1.807, 2.05) is 34.6 Å². The van der Waals surface area contributed by atoms with Gasteiger partial charge in [0.25, 0.3) is 0 Å². The lowest BCUT2D eigenvalue weighted by Gasteiger charge is -2.33. The molecule has 0 spiro atoms. The van der Waals surface area contributed by atoms with Crippen LogP contribution in [0.4, 0.5) is 0 Å². The first-order valence-electron chi connectivity index (χ1n) is 6.62. The Hall–Kier alpha value is -0.480. The first kappa shape index (κ1) is 14.6. The van der Waals surface area contributed by atoms with Crippen LogP contribution in [0.5, 0.6) is 0 Å². The third-order valence-corrected chi connectivity index (χ3v) is 2.55. The molecule has 0 aromatic rings. The minimum Gasteiger partial charge on any atom is -0.228 e. The Bertz CT molecular complexity index is 251. The molecule has 0 radical (unpaired) electrons. The van der Waals surface area contributed by atoms with Crippen LogP contribution < -0.4 is 0 Å². The van der Waals surface area contributed by atoms with Gasteiger partial charge in [-0.25, -0.2) is 9.78 Å². The molecule has 0 aliphatic heterocycles. The summed E-state index contributed by atoms with van der Waals surface area (Å²) in [5, 5.41) is 8.64. The van der Waals surface area contributed by atoms with Crippen LogP contribution in [0, 0.1) is 0 Å². The summed E-state index contributed by atoms with van der Waals surface area (Å²) in [7, 11) is 0. The molecular weight excluding hydrogens is 216 g/mol. The van der Waals surface area contributed by atoms with Crippen molar-refractivity contribution in [2.45, 2.75) is 84.1 Å². The summed E-state index contributed by atoms with van der Waals surface area (Å²) in [5.41, 5.74) is -0.854. The van der Waals surface area contributed by atoms with Gasteiger partial charge in [-0.1, -0.05) is 6.42 Å². The van der Waals surface area contributed by atoms with Gasteiger partial charge >= 0.3 is 0 Å². The van der Waals surface area contributed by atoms with E-state index >= 15 is 0 Å². The number of hydrogen-bond acceptors (Lipinski definition) is 4. The van der Waals surface area contributed by atoms with E-state index in [-0.39, 0.29) is 11.6 Å². The predicted molar refractivity (Wildman–Crippen MR) is 67.7 cm³/mol. The van der Waals surface area contributed by atoms with Crippen LogP contribution in [0.3, 0.4) is 0 Å². The van der Waals surface area contributed by atoms with Gasteiger partial charge in [0.2, 0.25) is 5.72 Å². The van der Waals surface area contributed by atoms with E-state index in [1.54, 1.807) is 0 Å². The highest BCUT2D eigenvalue weighted by Gasteiger charge is 2.36. The lowest BCUT2D eigenvalue weighted by atomic mass is 9.92. The molecule has 1 rings (SSSR count). The topological polar surface area (TPSA) is 43.2 Å². The second-order valence-electron chi connectivity index (χ2n) is 6.10. The zero-order valence-electron chi connectivity index (χ0n) is 11.8. The van der Waals surface area contributed by atoms with Crippen LogP contribution in [-0.4, -0.2) is 17.4 Å². The quantitative estimate of drug-likeness (QED) is 0.420. The summed E-state index contributed by atoms with van der Waals surface area (Å²) >= 11 is 0. The lowest BCUT2D eigenvalue weighted by molar-refractivity contribution is -0.408. The maximum absolute atomic E-state index is 5.62. The molecule has 4 heteroatoms. The van der Waals surface area contributed by atoms with Crippen LogP contribution in [0.15, 0.2) is 10.2 Å². The molecule has 0 unspecified atom stereocenters. The van der Waals surface area contributed by atoms with Gasteiger partial charge in [0, 0.05) is 12.8 Å². The zero-order chi connectivity index (χ0) is 12.9. The molecule has 0 amide bonds. The number of hydrogen-bond donors (Lipinski definition) is 0. The summed E-state index contributed by atoms with van der Waals surface area (Å²) in [6, 6.07) is 0.201. The first-order chi connectivity index (χ1) is 7.83. The van der Waals surface area contributed by atoms with Gasteiger partial charge in [0.05, 0.1) is 11.6 Å². The van der Waals surface area contributed by atoms with Crippen LogP contribution >= 0.6 is 0 Å². The smallest absolute Gasteiger partial charge is 0.212 e. The van der Waals surface area contributed by atoms with Crippen molar-refractivity contribution in [3.63, 3.8) is 0 Å². The van der Waals surface area contributed by atoms with Gasteiger partial charge in [-0.3, -0.25) is 0 Å². The van der Waals surface area contributed by atoms with Crippen molar-refractivity contribution in [1.82, 2.24) is 0 Å². The first-order valence-corrected chi connectivity index (χ1v) is 6.62. The molecule has 4 nitrogen and oxygen atoms in total. The second-order valence-corrected chi connectivity index (χ2v) is 6.10.